The summed E-state index contributed by atoms with van der Waals surface area (Å²) in [5.74, 6) is 0.399. The molecule has 0 aliphatic carbocycles. The van der Waals surface area contributed by atoms with Crippen LogP contribution < -0.4 is 4.74 Å². The summed E-state index contributed by atoms with van der Waals surface area (Å²) in [5, 5.41) is 0. The number of methoxy groups -OCH3 is 1. The minimum Gasteiger partial charge on any atom is -0.496 e. The summed E-state index contributed by atoms with van der Waals surface area (Å²) in [6, 6.07) is 19.7. The van der Waals surface area contributed by atoms with Crippen LogP contribution in [-0.2, 0) is 24.0 Å². The van der Waals surface area contributed by atoms with Crippen LogP contribution in [0.2, 0.25) is 0 Å². The van der Waals surface area contributed by atoms with Crippen molar-refractivity contribution in [2.24, 2.45) is 5.92 Å². The Balaban J connectivity index is 1.02. The largest absolute Gasteiger partial charge is 0.496 e. The maximum atomic E-state index is 13.4. The van der Waals surface area contributed by atoms with Gasteiger partial charge in [0.2, 0.25) is 0 Å². The van der Waals surface area contributed by atoms with E-state index in [-0.39, 0.29) is 24.2 Å². The van der Waals surface area contributed by atoms with Gasteiger partial charge in [-0.3, -0.25) is 19.4 Å². The first-order valence-corrected chi connectivity index (χ1v) is 16.0. The zero-order valence-electron chi connectivity index (χ0n) is 26.3. The number of likely N-dealkylation sites (tertiary alicyclic amines) is 2. The SMILES string of the molecule is COc1cc(C(=O)N2CCC(C(=O)c3ccccc3)CC2)ccc1CN1CC2(CCN(Cc3ccc(C(F)(F)F)cc3)CC2)OC1=O. The number of carbonyl (C=O) groups is 3. The average molecular weight is 650 g/mol. The van der Waals surface area contributed by atoms with Crippen molar-refractivity contribution in [2.75, 3.05) is 39.8 Å². The summed E-state index contributed by atoms with van der Waals surface area (Å²) in [4.78, 5) is 44.8. The third kappa shape index (κ3) is 7.30. The predicted octanol–water partition coefficient (Wildman–Crippen LogP) is 6.44. The van der Waals surface area contributed by atoms with Crippen LogP contribution in [0, 0.1) is 5.92 Å². The number of hydrogen-bond donors (Lipinski definition) is 0. The molecule has 248 valence electrons. The van der Waals surface area contributed by atoms with Gasteiger partial charge in [-0.05, 0) is 42.7 Å². The molecular weight excluding hydrogens is 611 g/mol. The molecule has 6 rings (SSSR count). The number of Topliss-reactive ketones (excluding diaryl/α,β-unsaturated/α-hetero) is 1. The van der Waals surface area contributed by atoms with Gasteiger partial charge >= 0.3 is 12.3 Å². The molecule has 3 aliphatic heterocycles. The van der Waals surface area contributed by atoms with Gasteiger partial charge in [-0.25, -0.2) is 4.79 Å². The van der Waals surface area contributed by atoms with Crippen molar-refractivity contribution in [3.05, 3.63) is 101 Å². The number of ether oxygens (including phenoxy) is 2. The number of alkyl halides is 3. The van der Waals surface area contributed by atoms with E-state index in [4.69, 9.17) is 9.47 Å². The van der Waals surface area contributed by atoms with Crippen molar-refractivity contribution < 1.29 is 37.0 Å². The van der Waals surface area contributed by atoms with E-state index >= 15 is 0 Å². The Morgan fingerprint density at radius 1 is 0.894 bits per heavy atom. The monoisotopic (exact) mass is 649 g/mol. The molecule has 0 radical (unpaired) electrons. The first-order valence-electron chi connectivity index (χ1n) is 16.0. The second-order valence-electron chi connectivity index (χ2n) is 12.7. The van der Waals surface area contributed by atoms with Gasteiger partial charge < -0.3 is 14.4 Å². The van der Waals surface area contributed by atoms with Crippen LogP contribution in [0.4, 0.5) is 18.0 Å². The van der Waals surface area contributed by atoms with E-state index in [1.807, 2.05) is 36.4 Å². The lowest BCUT2D eigenvalue weighted by Crippen LogP contribution is -2.46. The Morgan fingerprint density at radius 2 is 1.57 bits per heavy atom. The van der Waals surface area contributed by atoms with Crippen LogP contribution in [0.3, 0.4) is 0 Å². The smallest absolute Gasteiger partial charge is 0.416 e. The molecule has 8 nitrogen and oxygen atoms in total. The summed E-state index contributed by atoms with van der Waals surface area (Å²) in [6.45, 7) is 3.50. The number of amides is 2. The highest BCUT2D eigenvalue weighted by molar-refractivity contribution is 5.98. The molecule has 11 heteroatoms. The standard InChI is InChI=1S/C36H38F3N3O5/c1-46-31-21-28(33(44)41-17-13-27(14-18-41)32(43)26-5-3-2-4-6-26)9-10-29(31)23-42-24-35(47-34(42)45)15-19-40(20-16-35)22-25-7-11-30(12-8-25)36(37,38)39/h2-12,21,27H,13-20,22-24H2,1H3. The third-order valence-electron chi connectivity index (χ3n) is 9.60. The van der Waals surface area contributed by atoms with Gasteiger partial charge in [-0.1, -0.05) is 48.5 Å². The molecule has 0 N–H and O–H groups in total. The first-order chi connectivity index (χ1) is 22.5. The number of carbonyl (C=O) groups excluding carboxylic acids is 3. The Kier molecular flexibility index (Phi) is 9.27. The van der Waals surface area contributed by atoms with Gasteiger partial charge in [0.05, 0.1) is 25.8 Å². The minimum absolute atomic E-state index is 0.104. The van der Waals surface area contributed by atoms with Gasteiger partial charge in [0.15, 0.2) is 5.78 Å². The molecule has 3 heterocycles. The molecule has 3 aliphatic rings. The first kappa shape index (κ1) is 32.6. The van der Waals surface area contributed by atoms with Crippen LogP contribution in [0.15, 0.2) is 72.8 Å². The Hall–Kier alpha value is -4.38. The average Bonchev–Trinajstić information content (AvgIpc) is 3.39. The van der Waals surface area contributed by atoms with Crippen molar-refractivity contribution in [1.29, 1.82) is 0 Å². The lowest BCUT2D eigenvalue weighted by Gasteiger charge is -2.37. The number of ketones is 1. The molecule has 2 amide bonds. The van der Waals surface area contributed by atoms with Crippen LogP contribution in [0.1, 0.15) is 63.1 Å². The van der Waals surface area contributed by atoms with E-state index in [1.165, 1.54) is 19.2 Å². The Morgan fingerprint density at radius 3 is 2.21 bits per heavy atom. The molecule has 0 atom stereocenters. The Labute approximate surface area is 272 Å². The second-order valence-corrected chi connectivity index (χ2v) is 12.7. The summed E-state index contributed by atoms with van der Waals surface area (Å²) in [7, 11) is 1.53. The molecule has 3 saturated heterocycles. The molecular formula is C36H38F3N3O5. The van der Waals surface area contributed by atoms with E-state index in [2.05, 4.69) is 4.90 Å². The molecule has 3 fully saturated rings. The highest BCUT2D eigenvalue weighted by Gasteiger charge is 2.47. The zero-order chi connectivity index (χ0) is 33.2. The molecule has 0 unspecified atom stereocenters. The molecule has 0 bridgehead atoms. The fourth-order valence-corrected chi connectivity index (χ4v) is 6.83. The second kappa shape index (κ2) is 13.4. The van der Waals surface area contributed by atoms with Gasteiger partial charge in [0.1, 0.15) is 11.4 Å². The van der Waals surface area contributed by atoms with E-state index < -0.39 is 23.4 Å². The van der Waals surface area contributed by atoms with E-state index in [1.54, 1.807) is 21.9 Å². The summed E-state index contributed by atoms with van der Waals surface area (Å²) >= 11 is 0. The quantitative estimate of drug-likeness (QED) is 0.262. The van der Waals surface area contributed by atoms with Crippen LogP contribution >= 0.6 is 0 Å². The summed E-state index contributed by atoms with van der Waals surface area (Å²) in [6.07, 6.45) is -2.30. The van der Waals surface area contributed by atoms with Crippen molar-refractivity contribution in [2.45, 2.75) is 50.6 Å². The highest BCUT2D eigenvalue weighted by atomic mass is 19.4. The third-order valence-corrected chi connectivity index (χ3v) is 9.60. The molecule has 47 heavy (non-hydrogen) atoms. The number of rotatable bonds is 8. The maximum Gasteiger partial charge on any atom is 0.416 e. The minimum atomic E-state index is -4.36. The van der Waals surface area contributed by atoms with E-state index in [0.717, 1.165) is 23.3 Å². The fraction of sp³-hybridized carbons (Fsp3) is 0.417. The lowest BCUT2D eigenvalue weighted by atomic mass is 9.88. The fourth-order valence-electron chi connectivity index (χ4n) is 6.83. The molecule has 0 saturated carbocycles. The highest BCUT2D eigenvalue weighted by Crippen LogP contribution is 2.36. The Bertz CT molecular complexity index is 1600. The lowest BCUT2D eigenvalue weighted by molar-refractivity contribution is -0.137. The normalized spacial score (nSPS) is 18.8. The molecule has 1 spiro atoms. The van der Waals surface area contributed by atoms with Crippen molar-refractivity contribution in [1.82, 2.24) is 14.7 Å². The van der Waals surface area contributed by atoms with Gasteiger partial charge in [0, 0.05) is 68.2 Å². The van der Waals surface area contributed by atoms with Crippen molar-refractivity contribution in [3.8, 4) is 5.75 Å². The van der Waals surface area contributed by atoms with E-state index in [9.17, 15) is 27.6 Å². The van der Waals surface area contributed by atoms with Crippen LogP contribution in [0.5, 0.6) is 5.75 Å². The zero-order valence-corrected chi connectivity index (χ0v) is 26.3. The number of benzene rings is 3. The van der Waals surface area contributed by atoms with Crippen molar-refractivity contribution >= 4 is 17.8 Å². The van der Waals surface area contributed by atoms with Crippen molar-refractivity contribution in [3.63, 3.8) is 0 Å². The van der Waals surface area contributed by atoms with Gasteiger partial charge in [0.25, 0.3) is 5.91 Å². The molecule has 3 aromatic carbocycles. The maximum absolute atomic E-state index is 13.4. The number of piperidine rings is 2. The summed E-state index contributed by atoms with van der Waals surface area (Å²) < 4.78 is 50.2. The predicted molar refractivity (Wildman–Crippen MR) is 168 cm³/mol. The molecule has 3 aromatic rings. The number of hydrogen-bond acceptors (Lipinski definition) is 6. The van der Waals surface area contributed by atoms with Gasteiger partial charge in [-0.2, -0.15) is 13.2 Å². The topological polar surface area (TPSA) is 79.4 Å². The number of halogens is 3. The van der Waals surface area contributed by atoms with E-state index in [0.29, 0.717) is 81.8 Å². The van der Waals surface area contributed by atoms with Gasteiger partial charge in [-0.15, -0.1) is 0 Å². The number of nitrogens with zero attached hydrogens (tertiary/aromatic N) is 3. The summed E-state index contributed by atoms with van der Waals surface area (Å²) in [5.41, 5.74) is 1.46. The van der Waals surface area contributed by atoms with Crippen LogP contribution in [0.25, 0.3) is 0 Å². The molecule has 0 aromatic heterocycles. The van der Waals surface area contributed by atoms with Crippen LogP contribution in [-0.4, -0.2) is 77.9 Å².